The Hall–Kier alpha value is -1.14. The van der Waals surface area contributed by atoms with Gasteiger partial charge in [0, 0.05) is 37.3 Å². The van der Waals surface area contributed by atoms with Gasteiger partial charge in [0.1, 0.15) is 5.01 Å². The standard InChI is InChI=1S/C14H25N5S/c1-4-19(12-5-6-12)8-7-16-14(15-3)18-10-13-17-9-11(2)20-13/h9,12H,4-8,10H2,1-3H3,(H2,15,16,18). The van der Waals surface area contributed by atoms with Crippen molar-refractivity contribution >= 4 is 17.3 Å². The van der Waals surface area contributed by atoms with Gasteiger partial charge in [-0.15, -0.1) is 11.3 Å². The molecule has 2 N–H and O–H groups in total. The molecular weight excluding hydrogens is 270 g/mol. The lowest BCUT2D eigenvalue weighted by Gasteiger charge is -2.20. The Morgan fingerprint density at radius 2 is 2.30 bits per heavy atom. The summed E-state index contributed by atoms with van der Waals surface area (Å²) in [6.07, 6.45) is 4.64. The number of nitrogens with zero attached hydrogens (tertiary/aromatic N) is 3. The molecule has 1 fully saturated rings. The maximum absolute atomic E-state index is 4.34. The molecule has 1 heterocycles. The maximum Gasteiger partial charge on any atom is 0.191 e. The number of aryl methyl sites for hydroxylation is 1. The third kappa shape index (κ3) is 4.76. The summed E-state index contributed by atoms with van der Waals surface area (Å²) in [5.74, 6) is 0.852. The highest BCUT2D eigenvalue weighted by Gasteiger charge is 2.27. The number of rotatable bonds is 7. The summed E-state index contributed by atoms with van der Waals surface area (Å²) in [5.41, 5.74) is 0. The van der Waals surface area contributed by atoms with E-state index in [2.05, 4.69) is 39.4 Å². The highest BCUT2D eigenvalue weighted by atomic mass is 32.1. The number of guanidine groups is 1. The third-order valence-electron chi connectivity index (χ3n) is 3.46. The first-order valence-corrected chi connectivity index (χ1v) is 8.14. The zero-order valence-electron chi connectivity index (χ0n) is 12.6. The lowest BCUT2D eigenvalue weighted by molar-refractivity contribution is 0.282. The van der Waals surface area contributed by atoms with Crippen LogP contribution in [0.3, 0.4) is 0 Å². The van der Waals surface area contributed by atoms with Gasteiger partial charge in [0.15, 0.2) is 5.96 Å². The molecule has 1 saturated carbocycles. The van der Waals surface area contributed by atoms with E-state index in [-0.39, 0.29) is 0 Å². The Labute approximate surface area is 125 Å². The highest BCUT2D eigenvalue weighted by molar-refractivity contribution is 7.11. The molecule has 1 aromatic rings. The molecule has 20 heavy (non-hydrogen) atoms. The SMILES string of the molecule is CCN(CCNC(=NC)NCc1ncc(C)s1)C1CC1. The van der Waals surface area contributed by atoms with Crippen LogP contribution in [0.15, 0.2) is 11.2 Å². The Kier molecular flexibility index (Phi) is 5.79. The summed E-state index contributed by atoms with van der Waals surface area (Å²) in [4.78, 5) is 12.4. The summed E-state index contributed by atoms with van der Waals surface area (Å²) in [6, 6.07) is 0.829. The van der Waals surface area contributed by atoms with Crippen LogP contribution in [-0.2, 0) is 6.54 Å². The molecule has 0 unspecified atom stereocenters. The fourth-order valence-corrected chi connectivity index (χ4v) is 2.95. The fourth-order valence-electron chi connectivity index (χ4n) is 2.22. The average Bonchev–Trinajstić information content (AvgIpc) is 3.21. The molecule has 0 spiro atoms. The largest absolute Gasteiger partial charge is 0.355 e. The van der Waals surface area contributed by atoms with Crippen molar-refractivity contribution in [1.82, 2.24) is 20.5 Å². The maximum atomic E-state index is 4.34. The van der Waals surface area contributed by atoms with Crippen LogP contribution in [0, 0.1) is 6.92 Å². The number of aromatic nitrogens is 1. The average molecular weight is 295 g/mol. The van der Waals surface area contributed by atoms with Gasteiger partial charge in [-0.05, 0) is 26.3 Å². The Morgan fingerprint density at radius 3 is 2.85 bits per heavy atom. The van der Waals surface area contributed by atoms with Gasteiger partial charge in [0.05, 0.1) is 6.54 Å². The summed E-state index contributed by atoms with van der Waals surface area (Å²) in [5, 5.41) is 7.77. The van der Waals surface area contributed by atoms with Gasteiger partial charge in [0.25, 0.3) is 0 Å². The van der Waals surface area contributed by atoms with Crippen LogP contribution in [0.4, 0.5) is 0 Å². The molecule has 0 saturated heterocycles. The normalized spacial score (nSPS) is 15.7. The third-order valence-corrected chi connectivity index (χ3v) is 4.37. The van der Waals surface area contributed by atoms with E-state index in [0.717, 1.165) is 43.2 Å². The zero-order chi connectivity index (χ0) is 14.4. The van der Waals surface area contributed by atoms with Crippen molar-refractivity contribution in [2.45, 2.75) is 39.3 Å². The molecule has 1 aliphatic carbocycles. The van der Waals surface area contributed by atoms with Gasteiger partial charge in [-0.1, -0.05) is 6.92 Å². The first kappa shape index (κ1) is 15.3. The quantitative estimate of drug-likeness (QED) is 0.593. The van der Waals surface area contributed by atoms with Gasteiger partial charge in [-0.25, -0.2) is 4.98 Å². The molecule has 0 aliphatic heterocycles. The highest BCUT2D eigenvalue weighted by Crippen LogP contribution is 2.25. The zero-order valence-corrected chi connectivity index (χ0v) is 13.5. The van der Waals surface area contributed by atoms with Crippen LogP contribution in [0.1, 0.15) is 29.7 Å². The topological polar surface area (TPSA) is 52.5 Å². The van der Waals surface area contributed by atoms with Crippen molar-refractivity contribution in [3.8, 4) is 0 Å². The monoisotopic (exact) mass is 295 g/mol. The molecule has 0 radical (unpaired) electrons. The predicted molar refractivity (Wildman–Crippen MR) is 85.3 cm³/mol. The van der Waals surface area contributed by atoms with Gasteiger partial charge >= 0.3 is 0 Å². The number of likely N-dealkylation sites (N-methyl/N-ethyl adjacent to an activating group) is 1. The second-order valence-corrected chi connectivity index (χ2v) is 6.40. The molecule has 1 aliphatic rings. The minimum Gasteiger partial charge on any atom is -0.355 e. The molecular formula is C14H25N5S. The fraction of sp³-hybridized carbons (Fsp3) is 0.714. The van der Waals surface area contributed by atoms with Crippen molar-refractivity contribution in [3.63, 3.8) is 0 Å². The second-order valence-electron chi connectivity index (χ2n) is 5.08. The Balaban J connectivity index is 1.67. The van der Waals surface area contributed by atoms with Gasteiger partial charge in [-0.2, -0.15) is 0 Å². The molecule has 2 rings (SSSR count). The van der Waals surface area contributed by atoms with Crippen molar-refractivity contribution in [3.05, 3.63) is 16.1 Å². The summed E-state index contributed by atoms with van der Waals surface area (Å²) in [7, 11) is 1.81. The number of aliphatic imine (C=N–C) groups is 1. The van der Waals surface area contributed by atoms with Crippen molar-refractivity contribution in [1.29, 1.82) is 0 Å². The Bertz CT molecular complexity index is 439. The van der Waals surface area contributed by atoms with E-state index in [0.29, 0.717) is 0 Å². The van der Waals surface area contributed by atoms with Crippen LogP contribution in [0.5, 0.6) is 0 Å². The number of thiazole rings is 1. The van der Waals surface area contributed by atoms with Crippen LogP contribution in [0.25, 0.3) is 0 Å². The molecule has 1 aromatic heterocycles. The van der Waals surface area contributed by atoms with Crippen molar-refractivity contribution in [2.75, 3.05) is 26.7 Å². The summed E-state index contributed by atoms with van der Waals surface area (Å²) in [6.45, 7) is 8.19. The molecule has 112 valence electrons. The summed E-state index contributed by atoms with van der Waals surface area (Å²) >= 11 is 1.72. The van der Waals surface area contributed by atoms with E-state index in [9.17, 15) is 0 Å². The lowest BCUT2D eigenvalue weighted by atomic mass is 10.4. The molecule has 6 heteroatoms. The number of hydrogen-bond acceptors (Lipinski definition) is 4. The second kappa shape index (κ2) is 7.59. The van der Waals surface area contributed by atoms with Crippen LogP contribution >= 0.6 is 11.3 Å². The molecule has 0 amide bonds. The van der Waals surface area contributed by atoms with Gasteiger partial charge in [0.2, 0.25) is 0 Å². The predicted octanol–water partition coefficient (Wildman–Crippen LogP) is 1.60. The lowest BCUT2D eigenvalue weighted by Crippen LogP contribution is -2.41. The van der Waals surface area contributed by atoms with Crippen molar-refractivity contribution < 1.29 is 0 Å². The van der Waals surface area contributed by atoms with E-state index >= 15 is 0 Å². The van der Waals surface area contributed by atoms with Crippen LogP contribution < -0.4 is 10.6 Å². The first-order valence-electron chi connectivity index (χ1n) is 7.32. The van der Waals surface area contributed by atoms with Crippen LogP contribution in [0.2, 0.25) is 0 Å². The minimum atomic E-state index is 0.734. The van der Waals surface area contributed by atoms with Crippen molar-refractivity contribution in [2.24, 2.45) is 4.99 Å². The van der Waals surface area contributed by atoms with Crippen LogP contribution in [-0.4, -0.2) is 48.6 Å². The van der Waals surface area contributed by atoms with E-state index in [1.807, 2.05) is 6.20 Å². The van der Waals surface area contributed by atoms with Gasteiger partial charge < -0.3 is 10.6 Å². The smallest absolute Gasteiger partial charge is 0.191 e. The minimum absolute atomic E-state index is 0.734. The van der Waals surface area contributed by atoms with E-state index in [4.69, 9.17) is 0 Å². The molecule has 0 bridgehead atoms. The van der Waals surface area contributed by atoms with Gasteiger partial charge in [-0.3, -0.25) is 9.89 Å². The Morgan fingerprint density at radius 1 is 1.50 bits per heavy atom. The van der Waals surface area contributed by atoms with E-state index in [1.165, 1.54) is 17.7 Å². The number of nitrogens with one attached hydrogen (secondary N) is 2. The summed E-state index contributed by atoms with van der Waals surface area (Å²) < 4.78 is 0. The molecule has 0 aromatic carbocycles. The molecule has 0 atom stereocenters. The van der Waals surface area contributed by atoms with E-state index in [1.54, 1.807) is 18.4 Å². The van der Waals surface area contributed by atoms with E-state index < -0.39 is 0 Å². The number of hydrogen-bond donors (Lipinski definition) is 2. The first-order chi connectivity index (χ1) is 9.72. The molecule has 5 nitrogen and oxygen atoms in total.